The number of aromatic nitrogens is 2. The van der Waals surface area contributed by atoms with E-state index >= 15 is 0 Å². The van der Waals surface area contributed by atoms with Gasteiger partial charge in [-0.1, -0.05) is 27.7 Å². The molecule has 7 heteroatoms. The molecule has 20 heavy (non-hydrogen) atoms. The van der Waals surface area contributed by atoms with E-state index in [0.29, 0.717) is 0 Å². The first kappa shape index (κ1) is 14.4. The van der Waals surface area contributed by atoms with Gasteiger partial charge in [-0.25, -0.2) is 0 Å². The summed E-state index contributed by atoms with van der Waals surface area (Å²) in [6.45, 7) is 0. The van der Waals surface area contributed by atoms with Gasteiger partial charge in [0.1, 0.15) is 0 Å². The van der Waals surface area contributed by atoms with Crippen LogP contribution in [0.2, 0.25) is 0 Å². The summed E-state index contributed by atoms with van der Waals surface area (Å²) < 4.78 is 0. The van der Waals surface area contributed by atoms with Gasteiger partial charge in [-0.3, -0.25) is 0 Å². The van der Waals surface area contributed by atoms with Gasteiger partial charge in [0.2, 0.25) is 0 Å². The molecule has 0 fully saturated rings. The minimum Gasteiger partial charge on any atom is -0.375 e. The van der Waals surface area contributed by atoms with Crippen LogP contribution in [0.3, 0.4) is 0 Å². The van der Waals surface area contributed by atoms with Crippen molar-refractivity contribution >= 4 is 48.9 Å². The summed E-state index contributed by atoms with van der Waals surface area (Å²) in [5.74, 6) is 2.92. The number of nitrogens with zero attached hydrogens (tertiary/aromatic N) is 2. The number of thioether (sulfide) groups is 1. The van der Waals surface area contributed by atoms with E-state index in [9.17, 15) is 0 Å². The zero-order valence-corrected chi connectivity index (χ0v) is 13.9. The summed E-state index contributed by atoms with van der Waals surface area (Å²) in [5, 5.41) is 11.3. The molecule has 2 heterocycles. The van der Waals surface area contributed by atoms with E-state index in [2.05, 4.69) is 33.7 Å². The number of rotatable bonds is 6. The lowest BCUT2D eigenvalue weighted by molar-refractivity contribution is 0.972. The molecule has 1 aliphatic heterocycles. The van der Waals surface area contributed by atoms with E-state index in [1.54, 1.807) is 6.20 Å². The maximum Gasteiger partial charge on any atom is 0.0738 e. The molecule has 104 valence electrons. The normalized spacial score (nSPS) is 13.0. The van der Waals surface area contributed by atoms with Crippen LogP contribution in [0.4, 0.5) is 5.69 Å². The van der Waals surface area contributed by atoms with Gasteiger partial charge in [-0.15, -0.1) is 11.8 Å². The van der Waals surface area contributed by atoms with Crippen molar-refractivity contribution in [2.24, 2.45) is 0 Å². The van der Waals surface area contributed by atoms with Gasteiger partial charge in [-0.2, -0.15) is 10.2 Å². The smallest absolute Gasteiger partial charge is 0.0738 e. The van der Waals surface area contributed by atoms with Gasteiger partial charge in [0.05, 0.1) is 11.6 Å². The van der Waals surface area contributed by atoms with Gasteiger partial charge in [0.25, 0.3) is 0 Å². The summed E-state index contributed by atoms with van der Waals surface area (Å²) in [6.07, 6.45) is 1.70. The van der Waals surface area contributed by atoms with Gasteiger partial charge in [0, 0.05) is 28.3 Å². The average molecular weight is 340 g/mol. The van der Waals surface area contributed by atoms with Gasteiger partial charge in [-0.05, 0) is 39.7 Å². The van der Waals surface area contributed by atoms with Crippen LogP contribution >= 0.6 is 43.2 Å². The van der Waals surface area contributed by atoms with E-state index in [1.165, 1.54) is 16.1 Å². The zero-order chi connectivity index (χ0) is 13.6. The maximum absolute atomic E-state index is 4.07. The minimum atomic E-state index is 0.897. The molecule has 1 aromatic carbocycles. The Bertz CT molecular complexity index is 565. The molecule has 1 aliphatic rings. The van der Waals surface area contributed by atoms with Crippen molar-refractivity contribution in [3.05, 3.63) is 47.8 Å². The fourth-order valence-corrected chi connectivity index (χ4v) is 6.07. The molecule has 0 amide bonds. The van der Waals surface area contributed by atoms with Crippen LogP contribution in [0.25, 0.3) is 0 Å². The number of nitrogens with one attached hydrogen (secondary N) is 1. The third kappa shape index (κ3) is 4.00. The molecule has 0 spiro atoms. The first-order valence-corrected chi connectivity index (χ1v) is 10.9. The summed E-state index contributed by atoms with van der Waals surface area (Å²) in [6, 6.07) is 10.6. The molecule has 0 saturated carbocycles. The molecule has 0 radical (unpaired) electrons. The lowest BCUT2D eigenvalue weighted by Crippen LogP contribution is -1.89. The van der Waals surface area contributed by atoms with Crippen molar-refractivity contribution < 1.29 is 0 Å². The average Bonchev–Trinajstić information content (AvgIpc) is 2.95. The Morgan fingerprint density at radius 2 is 2.15 bits per heavy atom. The zero-order valence-electron chi connectivity index (χ0n) is 10.6. The van der Waals surface area contributed by atoms with Crippen molar-refractivity contribution in [2.75, 3.05) is 11.2 Å². The van der Waals surface area contributed by atoms with Crippen molar-refractivity contribution in [3.8, 4) is 0 Å². The molecule has 0 bridgehead atoms. The van der Waals surface area contributed by atoms with Crippen LogP contribution in [0, 0.1) is 0 Å². The van der Waals surface area contributed by atoms with Crippen LogP contribution in [-0.2, 0) is 11.5 Å². The number of fused-ring (bicyclic) bond motifs is 1. The van der Waals surface area contributed by atoms with Crippen LogP contribution in [0.15, 0.2) is 41.4 Å². The van der Waals surface area contributed by atoms with E-state index in [0.717, 1.165) is 23.1 Å². The second kappa shape index (κ2) is 7.49. The highest BCUT2D eigenvalue weighted by Gasteiger charge is 2.10. The fourth-order valence-electron chi connectivity index (χ4n) is 1.74. The lowest BCUT2D eigenvalue weighted by atomic mass is 10.2. The van der Waals surface area contributed by atoms with Crippen molar-refractivity contribution in [1.82, 2.24) is 10.2 Å². The predicted molar refractivity (Wildman–Crippen MR) is 93.0 cm³/mol. The highest BCUT2D eigenvalue weighted by atomic mass is 33.5. The molecule has 0 saturated heterocycles. The molecule has 0 aliphatic carbocycles. The maximum atomic E-state index is 4.07. The number of hydrogen-bond donors (Lipinski definition) is 1. The SMILES string of the molecule is c1cnnc(CSSSCc2ccc3c(c2)NCS3)c1. The lowest BCUT2D eigenvalue weighted by Gasteiger charge is -2.04. The third-order valence-corrected chi connectivity index (χ3v) is 7.72. The quantitative estimate of drug-likeness (QED) is 0.605. The molecule has 1 aromatic heterocycles. The minimum absolute atomic E-state index is 0.897. The molecule has 3 rings (SSSR count). The third-order valence-electron chi connectivity index (χ3n) is 2.69. The van der Waals surface area contributed by atoms with Crippen molar-refractivity contribution in [3.63, 3.8) is 0 Å². The number of anilines is 1. The molecular weight excluding hydrogens is 326 g/mol. The number of benzene rings is 1. The Balaban J connectivity index is 1.40. The Morgan fingerprint density at radius 3 is 3.05 bits per heavy atom. The second-order valence-corrected chi connectivity index (χ2v) is 9.35. The van der Waals surface area contributed by atoms with E-state index in [1.807, 2.05) is 55.3 Å². The van der Waals surface area contributed by atoms with Crippen LogP contribution in [-0.4, -0.2) is 16.1 Å². The number of hydrogen-bond acceptors (Lipinski definition) is 7. The largest absolute Gasteiger partial charge is 0.375 e. The van der Waals surface area contributed by atoms with Crippen LogP contribution in [0.1, 0.15) is 11.3 Å². The summed E-state index contributed by atoms with van der Waals surface area (Å²) in [5.41, 5.74) is 3.69. The topological polar surface area (TPSA) is 37.8 Å². The summed E-state index contributed by atoms with van der Waals surface area (Å²) in [4.78, 5) is 1.36. The first-order valence-electron chi connectivity index (χ1n) is 6.09. The van der Waals surface area contributed by atoms with Crippen molar-refractivity contribution in [2.45, 2.75) is 16.4 Å². The molecule has 2 aromatic rings. The Hall–Kier alpha value is -0.500. The van der Waals surface area contributed by atoms with Gasteiger partial charge in [0.15, 0.2) is 0 Å². The highest BCUT2D eigenvalue weighted by Crippen LogP contribution is 2.40. The molecule has 1 N–H and O–H groups in total. The summed E-state index contributed by atoms with van der Waals surface area (Å²) >= 11 is 1.87. The Kier molecular flexibility index (Phi) is 5.41. The van der Waals surface area contributed by atoms with E-state index in [4.69, 9.17) is 0 Å². The Labute approximate surface area is 134 Å². The standard InChI is InChI=1S/C13H13N3S4/c1-2-11(16-15-5-1)8-19-20-18-7-10-3-4-13-12(6-10)14-9-17-13/h1-6,14H,7-9H2. The molecular formula is C13H13N3S4. The van der Waals surface area contributed by atoms with Gasteiger partial charge >= 0.3 is 0 Å². The molecule has 0 unspecified atom stereocenters. The first-order chi connectivity index (χ1) is 9.92. The summed E-state index contributed by atoms with van der Waals surface area (Å²) in [7, 11) is 5.49. The highest BCUT2D eigenvalue weighted by molar-refractivity contribution is 9.09. The van der Waals surface area contributed by atoms with Crippen molar-refractivity contribution in [1.29, 1.82) is 0 Å². The van der Waals surface area contributed by atoms with E-state index < -0.39 is 0 Å². The second-order valence-electron chi connectivity index (χ2n) is 4.10. The molecule has 3 nitrogen and oxygen atoms in total. The van der Waals surface area contributed by atoms with E-state index in [-0.39, 0.29) is 0 Å². The predicted octanol–water partition coefficient (Wildman–Crippen LogP) is 4.68. The monoisotopic (exact) mass is 339 g/mol. The molecule has 0 atom stereocenters. The Morgan fingerprint density at radius 1 is 1.20 bits per heavy atom. The fraction of sp³-hybridized carbons (Fsp3) is 0.231. The van der Waals surface area contributed by atoms with Crippen LogP contribution < -0.4 is 5.32 Å². The van der Waals surface area contributed by atoms with Crippen LogP contribution in [0.5, 0.6) is 0 Å². The van der Waals surface area contributed by atoms with Gasteiger partial charge < -0.3 is 5.32 Å².